The van der Waals surface area contributed by atoms with Crippen LogP contribution in [0.1, 0.15) is 23.6 Å². The van der Waals surface area contributed by atoms with Crippen molar-refractivity contribution < 1.29 is 8.95 Å². The van der Waals surface area contributed by atoms with Crippen LogP contribution in [0.15, 0.2) is 58.4 Å². The Bertz CT molecular complexity index is 765. The molecule has 134 valence electrons. The van der Waals surface area contributed by atoms with Gasteiger partial charge in [0.25, 0.3) is 0 Å². The number of benzene rings is 2. The summed E-state index contributed by atoms with van der Waals surface area (Å²) in [5, 5.41) is 3.27. The smallest absolute Gasteiger partial charge is 0.189 e. The lowest BCUT2D eigenvalue weighted by atomic mass is 10.0. The van der Waals surface area contributed by atoms with Gasteiger partial charge < -0.3 is 15.8 Å². The molecule has 1 aliphatic heterocycles. The van der Waals surface area contributed by atoms with Crippen LogP contribution < -0.4 is 15.8 Å². The summed E-state index contributed by atoms with van der Waals surface area (Å²) in [6, 6.07) is 15.7. The third-order valence-electron chi connectivity index (χ3n) is 3.97. The average molecular weight is 471 g/mol. The molecule has 2 aromatic rings. The first-order valence-electron chi connectivity index (χ1n) is 7.84. The zero-order valence-electron chi connectivity index (χ0n) is 14.0. The average Bonchev–Trinajstić information content (AvgIpc) is 2.61. The highest BCUT2D eigenvalue weighted by Crippen LogP contribution is 2.31. The maximum Gasteiger partial charge on any atom is 0.189 e. The van der Waals surface area contributed by atoms with E-state index in [4.69, 9.17) is 10.5 Å². The third-order valence-corrected chi connectivity index (χ3v) is 4.90. The highest BCUT2D eigenvalue weighted by molar-refractivity contribution is 14.0. The molecule has 3 N–H and O–H groups in total. The fraction of sp³-hybridized carbons (Fsp3) is 0.278. The van der Waals surface area contributed by atoms with E-state index in [2.05, 4.69) is 10.3 Å². The van der Waals surface area contributed by atoms with Crippen LogP contribution in [0, 0.1) is 0 Å². The summed E-state index contributed by atoms with van der Waals surface area (Å²) in [4.78, 5) is 5.22. The van der Waals surface area contributed by atoms with Crippen molar-refractivity contribution in [1.29, 1.82) is 0 Å². The van der Waals surface area contributed by atoms with Crippen molar-refractivity contribution in [3.63, 3.8) is 0 Å². The van der Waals surface area contributed by atoms with Crippen LogP contribution in [0.3, 0.4) is 0 Å². The largest absolute Gasteiger partial charge is 0.493 e. The van der Waals surface area contributed by atoms with Gasteiger partial charge in [0.15, 0.2) is 5.96 Å². The predicted octanol–water partition coefficient (Wildman–Crippen LogP) is 2.97. The molecule has 0 aromatic heterocycles. The second-order valence-electron chi connectivity index (χ2n) is 5.67. The van der Waals surface area contributed by atoms with Crippen molar-refractivity contribution in [3.8, 4) is 5.75 Å². The number of hydrogen-bond acceptors (Lipinski definition) is 3. The minimum atomic E-state index is -0.961. The van der Waals surface area contributed by atoms with E-state index in [-0.39, 0.29) is 30.0 Å². The van der Waals surface area contributed by atoms with Crippen LogP contribution in [0.25, 0.3) is 0 Å². The molecule has 25 heavy (non-hydrogen) atoms. The SMILES string of the molecule is CS(=O)c1ccc(CN=C(N)NC2CCOc3ccccc32)cc1.I. The van der Waals surface area contributed by atoms with Crippen molar-refractivity contribution in [2.75, 3.05) is 12.9 Å². The molecule has 0 saturated heterocycles. The van der Waals surface area contributed by atoms with Crippen molar-refractivity contribution in [3.05, 3.63) is 59.7 Å². The Hall–Kier alpha value is -1.61. The number of nitrogens with zero attached hydrogens (tertiary/aromatic N) is 1. The quantitative estimate of drug-likeness (QED) is 0.409. The van der Waals surface area contributed by atoms with Gasteiger partial charge in [-0.3, -0.25) is 4.21 Å². The second-order valence-corrected chi connectivity index (χ2v) is 7.05. The van der Waals surface area contributed by atoms with Crippen LogP contribution in [0.5, 0.6) is 5.75 Å². The van der Waals surface area contributed by atoms with Gasteiger partial charge in [0.1, 0.15) is 5.75 Å². The van der Waals surface area contributed by atoms with Gasteiger partial charge in [-0.15, -0.1) is 24.0 Å². The van der Waals surface area contributed by atoms with Gasteiger partial charge in [-0.2, -0.15) is 0 Å². The van der Waals surface area contributed by atoms with Gasteiger partial charge in [-0.1, -0.05) is 30.3 Å². The molecule has 0 fully saturated rings. The molecule has 2 unspecified atom stereocenters. The number of halogens is 1. The summed E-state index contributed by atoms with van der Waals surface area (Å²) >= 11 is 0. The maximum absolute atomic E-state index is 11.4. The van der Waals surface area contributed by atoms with E-state index in [0.717, 1.165) is 28.2 Å². The van der Waals surface area contributed by atoms with E-state index in [1.807, 2.05) is 48.5 Å². The number of nitrogens with two attached hydrogens (primary N) is 1. The Labute approximate surface area is 167 Å². The molecular weight excluding hydrogens is 449 g/mol. The van der Waals surface area contributed by atoms with Crippen LogP contribution >= 0.6 is 24.0 Å². The number of aliphatic imine (C=N–C) groups is 1. The molecular formula is C18H22IN3O2S. The summed E-state index contributed by atoms with van der Waals surface area (Å²) in [5.41, 5.74) is 8.17. The maximum atomic E-state index is 11.4. The second kappa shape index (κ2) is 9.19. The summed E-state index contributed by atoms with van der Waals surface area (Å²) in [6.45, 7) is 1.15. The van der Waals surface area contributed by atoms with Gasteiger partial charge in [0, 0.05) is 33.9 Å². The van der Waals surface area contributed by atoms with Crippen LogP contribution in [0.4, 0.5) is 0 Å². The monoisotopic (exact) mass is 471 g/mol. The minimum Gasteiger partial charge on any atom is -0.493 e. The Balaban J connectivity index is 0.00000225. The summed E-state index contributed by atoms with van der Waals surface area (Å²) < 4.78 is 17.0. The first-order chi connectivity index (χ1) is 11.6. The molecule has 1 heterocycles. The van der Waals surface area contributed by atoms with Gasteiger partial charge in [0.05, 0.1) is 19.2 Å². The molecule has 3 rings (SSSR count). The van der Waals surface area contributed by atoms with Crippen LogP contribution in [0.2, 0.25) is 0 Å². The predicted molar refractivity (Wildman–Crippen MR) is 112 cm³/mol. The first kappa shape index (κ1) is 19.7. The van der Waals surface area contributed by atoms with Gasteiger partial charge in [0.2, 0.25) is 0 Å². The van der Waals surface area contributed by atoms with E-state index in [1.165, 1.54) is 0 Å². The van der Waals surface area contributed by atoms with E-state index in [9.17, 15) is 4.21 Å². The van der Waals surface area contributed by atoms with Crippen molar-refractivity contribution >= 4 is 40.7 Å². The lowest BCUT2D eigenvalue weighted by Crippen LogP contribution is -2.37. The third kappa shape index (κ3) is 5.18. The Morgan fingerprint density at radius 1 is 1.28 bits per heavy atom. The topological polar surface area (TPSA) is 76.7 Å². The molecule has 0 bridgehead atoms. The molecule has 2 atom stereocenters. The van der Waals surface area contributed by atoms with Crippen molar-refractivity contribution in [2.24, 2.45) is 10.7 Å². The lowest BCUT2D eigenvalue weighted by molar-refractivity contribution is 0.262. The van der Waals surface area contributed by atoms with Gasteiger partial charge in [-0.25, -0.2) is 4.99 Å². The number of para-hydroxylation sites is 1. The summed E-state index contributed by atoms with van der Waals surface area (Å²) in [7, 11) is -0.961. The fourth-order valence-electron chi connectivity index (χ4n) is 2.68. The van der Waals surface area contributed by atoms with E-state index in [1.54, 1.807) is 6.26 Å². The standard InChI is InChI=1S/C18H21N3O2S.HI/c1-24(22)14-8-6-13(7-9-14)12-20-18(19)21-16-10-11-23-17-5-3-2-4-15(16)17;/h2-9,16H,10-12H2,1H3,(H3,19,20,21);1H. The number of nitrogens with one attached hydrogen (secondary N) is 1. The van der Waals surface area contributed by atoms with Crippen molar-refractivity contribution in [1.82, 2.24) is 5.32 Å². The van der Waals surface area contributed by atoms with Crippen LogP contribution in [-0.2, 0) is 17.3 Å². The normalized spacial score (nSPS) is 17.6. The summed E-state index contributed by atoms with van der Waals surface area (Å²) in [6.07, 6.45) is 2.52. The molecule has 0 saturated carbocycles. The number of fused-ring (bicyclic) bond motifs is 1. The number of guanidine groups is 1. The van der Waals surface area contributed by atoms with E-state index in [0.29, 0.717) is 19.1 Å². The highest BCUT2D eigenvalue weighted by atomic mass is 127. The van der Waals surface area contributed by atoms with Gasteiger partial charge >= 0.3 is 0 Å². The number of ether oxygens (including phenoxy) is 1. The number of rotatable bonds is 4. The van der Waals surface area contributed by atoms with E-state index < -0.39 is 10.8 Å². The summed E-state index contributed by atoms with van der Waals surface area (Å²) in [5.74, 6) is 1.32. The lowest BCUT2D eigenvalue weighted by Gasteiger charge is -2.26. The molecule has 0 radical (unpaired) electrons. The number of hydrogen-bond donors (Lipinski definition) is 2. The Morgan fingerprint density at radius 2 is 2.00 bits per heavy atom. The van der Waals surface area contributed by atoms with E-state index >= 15 is 0 Å². The van der Waals surface area contributed by atoms with Crippen molar-refractivity contribution in [2.45, 2.75) is 23.9 Å². The zero-order valence-corrected chi connectivity index (χ0v) is 17.1. The first-order valence-corrected chi connectivity index (χ1v) is 9.40. The molecule has 5 nitrogen and oxygen atoms in total. The highest BCUT2D eigenvalue weighted by Gasteiger charge is 2.21. The zero-order chi connectivity index (χ0) is 16.9. The molecule has 0 aliphatic carbocycles. The molecule has 7 heteroatoms. The molecule has 0 amide bonds. The molecule has 1 aliphatic rings. The fourth-order valence-corrected chi connectivity index (χ4v) is 3.20. The Kier molecular flexibility index (Phi) is 7.24. The molecule has 2 aromatic carbocycles. The minimum absolute atomic E-state index is 0. The van der Waals surface area contributed by atoms with Gasteiger partial charge in [-0.05, 0) is 23.8 Å². The Morgan fingerprint density at radius 3 is 2.72 bits per heavy atom. The molecule has 0 spiro atoms. The van der Waals surface area contributed by atoms with Crippen LogP contribution in [-0.4, -0.2) is 23.0 Å².